The van der Waals surface area contributed by atoms with Crippen molar-refractivity contribution in [2.75, 3.05) is 22.9 Å². The molecule has 2 unspecified atom stereocenters. The number of piperazine rings is 1. The van der Waals surface area contributed by atoms with Crippen LogP contribution in [0.5, 0.6) is 0 Å². The third kappa shape index (κ3) is 2.16. The molecule has 1 aliphatic carbocycles. The molecule has 2 bridgehead atoms. The highest BCUT2D eigenvalue weighted by atomic mass is 19.1. The molecule has 2 saturated heterocycles. The molecule has 4 heterocycles. The lowest BCUT2D eigenvalue weighted by molar-refractivity contribution is 0.410. The maximum atomic E-state index is 14.0. The summed E-state index contributed by atoms with van der Waals surface area (Å²) < 4.78 is 14.0. The topological polar surface area (TPSA) is 45.2 Å². The van der Waals surface area contributed by atoms with E-state index in [-0.39, 0.29) is 5.82 Å². The zero-order chi connectivity index (χ0) is 16.1. The first-order valence-corrected chi connectivity index (χ1v) is 8.75. The highest BCUT2D eigenvalue weighted by molar-refractivity contribution is 5.52. The SMILES string of the molecule is Fc1cccnc1N1CC2CC1CN2c1cc(C2CCC2)ncn1. The van der Waals surface area contributed by atoms with Crippen LogP contribution in [0.15, 0.2) is 30.7 Å². The van der Waals surface area contributed by atoms with E-state index in [0.717, 1.165) is 25.3 Å². The second-order valence-electron chi connectivity index (χ2n) is 7.09. The molecule has 124 valence electrons. The average molecular weight is 325 g/mol. The monoisotopic (exact) mass is 325 g/mol. The number of fused-ring (bicyclic) bond motifs is 2. The molecule has 5 nitrogen and oxygen atoms in total. The molecular formula is C18H20FN5. The number of hydrogen-bond acceptors (Lipinski definition) is 5. The molecule has 3 aliphatic rings. The third-order valence-electron chi connectivity index (χ3n) is 5.74. The molecule has 2 aliphatic heterocycles. The Bertz CT molecular complexity index is 763. The Morgan fingerprint density at radius 3 is 2.58 bits per heavy atom. The van der Waals surface area contributed by atoms with Gasteiger partial charge in [0.05, 0.1) is 12.1 Å². The maximum absolute atomic E-state index is 14.0. The Hall–Kier alpha value is -2.24. The van der Waals surface area contributed by atoms with E-state index in [2.05, 4.69) is 30.8 Å². The van der Waals surface area contributed by atoms with Crippen LogP contribution in [0.4, 0.5) is 16.0 Å². The first-order chi connectivity index (χ1) is 11.8. The molecule has 0 aromatic carbocycles. The minimum atomic E-state index is -0.231. The summed E-state index contributed by atoms with van der Waals surface area (Å²) in [5, 5.41) is 0. The Labute approximate surface area is 140 Å². The van der Waals surface area contributed by atoms with Crippen LogP contribution in [0.3, 0.4) is 0 Å². The molecule has 0 radical (unpaired) electrons. The van der Waals surface area contributed by atoms with E-state index >= 15 is 0 Å². The van der Waals surface area contributed by atoms with Crippen molar-refractivity contribution in [3.8, 4) is 0 Å². The zero-order valence-corrected chi connectivity index (χ0v) is 13.5. The summed E-state index contributed by atoms with van der Waals surface area (Å²) in [5.74, 6) is 1.90. The van der Waals surface area contributed by atoms with Gasteiger partial charge in [0, 0.05) is 37.0 Å². The smallest absolute Gasteiger partial charge is 0.165 e. The Kier molecular flexibility index (Phi) is 3.18. The van der Waals surface area contributed by atoms with Crippen LogP contribution in [0, 0.1) is 5.82 Å². The zero-order valence-electron chi connectivity index (χ0n) is 13.5. The predicted octanol–water partition coefficient (Wildman–Crippen LogP) is 2.75. The summed E-state index contributed by atoms with van der Waals surface area (Å²) in [6.45, 7) is 1.68. The van der Waals surface area contributed by atoms with E-state index in [1.807, 2.05) is 0 Å². The number of aromatic nitrogens is 3. The third-order valence-corrected chi connectivity index (χ3v) is 5.74. The Morgan fingerprint density at radius 1 is 1.04 bits per heavy atom. The summed E-state index contributed by atoms with van der Waals surface area (Å²) in [6.07, 6.45) is 8.20. The fraction of sp³-hybridized carbons (Fsp3) is 0.500. The fourth-order valence-corrected chi connectivity index (χ4v) is 4.24. The Morgan fingerprint density at radius 2 is 1.88 bits per heavy atom. The molecular weight excluding hydrogens is 305 g/mol. The van der Waals surface area contributed by atoms with Gasteiger partial charge in [-0.15, -0.1) is 0 Å². The van der Waals surface area contributed by atoms with Crippen LogP contribution in [0.25, 0.3) is 0 Å². The van der Waals surface area contributed by atoms with Crippen LogP contribution in [-0.2, 0) is 0 Å². The van der Waals surface area contributed by atoms with Crippen LogP contribution in [0.1, 0.15) is 37.3 Å². The van der Waals surface area contributed by atoms with E-state index in [1.54, 1.807) is 18.6 Å². The van der Waals surface area contributed by atoms with Crippen molar-refractivity contribution in [1.82, 2.24) is 15.0 Å². The summed E-state index contributed by atoms with van der Waals surface area (Å²) in [5.41, 5.74) is 1.18. The van der Waals surface area contributed by atoms with Crippen molar-refractivity contribution < 1.29 is 4.39 Å². The van der Waals surface area contributed by atoms with Gasteiger partial charge < -0.3 is 9.80 Å². The number of nitrogens with zero attached hydrogens (tertiary/aromatic N) is 5. The van der Waals surface area contributed by atoms with Gasteiger partial charge in [0.25, 0.3) is 0 Å². The second kappa shape index (κ2) is 5.40. The second-order valence-corrected chi connectivity index (χ2v) is 7.09. The summed E-state index contributed by atoms with van der Waals surface area (Å²) >= 11 is 0. The van der Waals surface area contributed by atoms with Gasteiger partial charge in [-0.1, -0.05) is 6.42 Å². The summed E-state index contributed by atoms with van der Waals surface area (Å²) in [4.78, 5) is 17.7. The highest BCUT2D eigenvalue weighted by Gasteiger charge is 2.45. The quantitative estimate of drug-likeness (QED) is 0.868. The fourth-order valence-electron chi connectivity index (χ4n) is 4.24. The summed E-state index contributed by atoms with van der Waals surface area (Å²) in [7, 11) is 0. The van der Waals surface area contributed by atoms with E-state index in [4.69, 9.17) is 0 Å². The molecule has 2 atom stereocenters. The lowest BCUT2D eigenvalue weighted by Crippen LogP contribution is -2.47. The van der Waals surface area contributed by atoms with Crippen molar-refractivity contribution >= 4 is 11.6 Å². The molecule has 2 aromatic heterocycles. The van der Waals surface area contributed by atoms with E-state index in [9.17, 15) is 4.39 Å². The van der Waals surface area contributed by atoms with Gasteiger partial charge in [-0.3, -0.25) is 0 Å². The van der Waals surface area contributed by atoms with Gasteiger partial charge in [0.15, 0.2) is 11.6 Å². The number of pyridine rings is 1. The molecule has 2 aromatic rings. The number of hydrogen-bond donors (Lipinski definition) is 0. The van der Waals surface area contributed by atoms with Gasteiger partial charge in [-0.25, -0.2) is 19.3 Å². The first kappa shape index (κ1) is 14.1. The van der Waals surface area contributed by atoms with Gasteiger partial charge in [-0.2, -0.15) is 0 Å². The predicted molar refractivity (Wildman–Crippen MR) is 89.7 cm³/mol. The molecule has 0 amide bonds. The van der Waals surface area contributed by atoms with Crippen LogP contribution < -0.4 is 9.80 Å². The highest BCUT2D eigenvalue weighted by Crippen LogP contribution is 2.39. The number of rotatable bonds is 3. The number of anilines is 2. The van der Waals surface area contributed by atoms with Crippen LogP contribution >= 0.6 is 0 Å². The minimum absolute atomic E-state index is 0.231. The normalized spacial score (nSPS) is 26.0. The molecule has 1 saturated carbocycles. The molecule has 3 fully saturated rings. The molecule has 6 heteroatoms. The van der Waals surface area contributed by atoms with Gasteiger partial charge >= 0.3 is 0 Å². The minimum Gasteiger partial charge on any atom is -0.350 e. The van der Waals surface area contributed by atoms with E-state index in [1.165, 1.54) is 31.0 Å². The van der Waals surface area contributed by atoms with E-state index < -0.39 is 0 Å². The summed E-state index contributed by atoms with van der Waals surface area (Å²) in [6, 6.07) is 5.97. The Balaban J connectivity index is 1.36. The van der Waals surface area contributed by atoms with Crippen molar-refractivity contribution in [3.63, 3.8) is 0 Å². The maximum Gasteiger partial charge on any atom is 0.165 e. The molecule has 5 rings (SSSR count). The van der Waals surface area contributed by atoms with Crippen molar-refractivity contribution in [2.45, 2.75) is 43.7 Å². The lowest BCUT2D eigenvalue weighted by Gasteiger charge is -2.36. The molecule has 24 heavy (non-hydrogen) atoms. The van der Waals surface area contributed by atoms with Crippen molar-refractivity contribution in [2.24, 2.45) is 0 Å². The van der Waals surface area contributed by atoms with Gasteiger partial charge in [0.1, 0.15) is 12.1 Å². The lowest BCUT2D eigenvalue weighted by atomic mass is 9.83. The molecule has 0 spiro atoms. The van der Waals surface area contributed by atoms with Gasteiger partial charge in [0.2, 0.25) is 0 Å². The standard InChI is InChI=1S/C18H20FN5/c19-15-5-2-6-20-18(15)24-10-13-7-14(24)9-23(13)17-8-16(21-11-22-17)12-3-1-4-12/h2,5-6,8,11-14H,1,3-4,7,9-10H2. The average Bonchev–Trinajstić information content (AvgIpc) is 3.14. The molecule has 0 N–H and O–H groups in total. The van der Waals surface area contributed by atoms with E-state index in [0.29, 0.717) is 23.8 Å². The largest absolute Gasteiger partial charge is 0.350 e. The van der Waals surface area contributed by atoms with Crippen LogP contribution in [-0.4, -0.2) is 40.1 Å². The first-order valence-electron chi connectivity index (χ1n) is 8.75. The number of halogens is 1. The van der Waals surface area contributed by atoms with Crippen LogP contribution in [0.2, 0.25) is 0 Å². The van der Waals surface area contributed by atoms with Crippen molar-refractivity contribution in [3.05, 3.63) is 42.2 Å². The van der Waals surface area contributed by atoms with Gasteiger partial charge in [-0.05, 0) is 31.4 Å². The van der Waals surface area contributed by atoms with Crippen molar-refractivity contribution in [1.29, 1.82) is 0 Å².